The zero-order valence-electron chi connectivity index (χ0n) is 11.7. The molecule has 0 amide bonds. The molecule has 110 valence electrons. The lowest BCUT2D eigenvalue weighted by molar-refractivity contribution is 0.286. The van der Waals surface area contributed by atoms with Crippen LogP contribution < -0.4 is 10.6 Å². The van der Waals surface area contributed by atoms with Gasteiger partial charge in [0.2, 0.25) is 0 Å². The molecule has 1 saturated carbocycles. The molecule has 4 heteroatoms. The average molecular weight is 280 g/mol. The first-order valence-corrected chi connectivity index (χ1v) is 7.69. The van der Waals surface area contributed by atoms with Gasteiger partial charge in [-0.15, -0.1) is 0 Å². The monoisotopic (exact) mass is 280 g/mol. The highest BCUT2D eigenvalue weighted by molar-refractivity contribution is 5.46. The van der Waals surface area contributed by atoms with Crippen molar-refractivity contribution < 1.29 is 8.78 Å². The van der Waals surface area contributed by atoms with Crippen LogP contribution >= 0.6 is 0 Å². The molecule has 1 aromatic carbocycles. The molecule has 0 bridgehead atoms. The molecule has 3 atom stereocenters. The number of hydrogen-bond donors (Lipinski definition) is 2. The van der Waals surface area contributed by atoms with Gasteiger partial charge in [-0.1, -0.05) is 12.8 Å². The van der Waals surface area contributed by atoms with E-state index in [0.29, 0.717) is 23.7 Å². The second-order valence-electron chi connectivity index (χ2n) is 6.03. The predicted octanol–water partition coefficient (Wildman–Crippen LogP) is 3.69. The minimum Gasteiger partial charge on any atom is -0.380 e. The molecule has 1 aliphatic heterocycles. The highest BCUT2D eigenvalue weighted by atomic mass is 19.1. The van der Waals surface area contributed by atoms with Gasteiger partial charge in [0.05, 0.1) is 5.69 Å². The summed E-state index contributed by atoms with van der Waals surface area (Å²) in [6, 6.07) is 4.62. The van der Waals surface area contributed by atoms with Gasteiger partial charge in [-0.25, -0.2) is 8.78 Å². The Morgan fingerprint density at radius 1 is 1.05 bits per heavy atom. The summed E-state index contributed by atoms with van der Waals surface area (Å²) in [5.41, 5.74) is 0.430. The van der Waals surface area contributed by atoms with E-state index in [1.54, 1.807) is 0 Å². The maximum Gasteiger partial charge on any atom is 0.149 e. The van der Waals surface area contributed by atoms with Crippen molar-refractivity contribution in [3.63, 3.8) is 0 Å². The molecule has 3 unspecified atom stereocenters. The fraction of sp³-hybridized carbons (Fsp3) is 0.625. The summed E-state index contributed by atoms with van der Waals surface area (Å²) < 4.78 is 26.7. The largest absolute Gasteiger partial charge is 0.380 e. The number of nitrogens with one attached hydrogen (secondary N) is 2. The number of benzene rings is 1. The molecule has 2 aliphatic rings. The molecule has 1 heterocycles. The first kappa shape index (κ1) is 13.8. The second-order valence-corrected chi connectivity index (χ2v) is 6.03. The lowest BCUT2D eigenvalue weighted by Gasteiger charge is -2.33. The summed E-state index contributed by atoms with van der Waals surface area (Å²) in [6.07, 6.45) is 7.20. The Labute approximate surface area is 118 Å². The number of halogens is 2. The van der Waals surface area contributed by atoms with Gasteiger partial charge in [-0.05, 0) is 50.3 Å². The van der Waals surface area contributed by atoms with Crippen molar-refractivity contribution in [1.29, 1.82) is 0 Å². The number of hydrogen-bond acceptors (Lipinski definition) is 2. The molecule has 3 rings (SSSR count). The van der Waals surface area contributed by atoms with Crippen molar-refractivity contribution in [2.45, 2.75) is 50.6 Å². The summed E-state index contributed by atoms with van der Waals surface area (Å²) in [4.78, 5) is 0. The Balaban J connectivity index is 1.68. The van der Waals surface area contributed by atoms with Crippen LogP contribution in [-0.2, 0) is 0 Å². The fourth-order valence-electron chi connectivity index (χ4n) is 3.70. The van der Waals surface area contributed by atoms with Crippen molar-refractivity contribution >= 4 is 5.69 Å². The van der Waals surface area contributed by atoms with Crippen molar-refractivity contribution in [3.8, 4) is 0 Å². The highest BCUT2D eigenvalue weighted by Crippen LogP contribution is 2.34. The van der Waals surface area contributed by atoms with E-state index in [1.165, 1.54) is 44.2 Å². The van der Waals surface area contributed by atoms with E-state index in [4.69, 9.17) is 0 Å². The normalized spacial score (nSPS) is 30.4. The van der Waals surface area contributed by atoms with Gasteiger partial charge in [-0.3, -0.25) is 0 Å². The molecule has 2 nitrogen and oxygen atoms in total. The minimum atomic E-state index is -0.523. The Morgan fingerprint density at radius 3 is 2.70 bits per heavy atom. The first-order valence-electron chi connectivity index (χ1n) is 7.69. The number of anilines is 1. The standard InChI is InChI=1S/C16H22F2N2/c17-11-7-8-16(13(18)10-11)20-15-6-3-4-12(15)14-5-1-2-9-19-14/h7-8,10,12,14-15,19-20H,1-6,9H2. The molecule has 2 fully saturated rings. The van der Waals surface area contributed by atoms with Crippen LogP contribution in [0.5, 0.6) is 0 Å². The van der Waals surface area contributed by atoms with Crippen LogP contribution in [0.3, 0.4) is 0 Å². The number of rotatable bonds is 3. The predicted molar refractivity (Wildman–Crippen MR) is 76.8 cm³/mol. The van der Waals surface area contributed by atoms with Gasteiger partial charge in [0.15, 0.2) is 0 Å². The highest BCUT2D eigenvalue weighted by Gasteiger charge is 2.34. The summed E-state index contributed by atoms with van der Waals surface area (Å²) in [7, 11) is 0. The zero-order chi connectivity index (χ0) is 13.9. The first-order chi connectivity index (χ1) is 9.74. The topological polar surface area (TPSA) is 24.1 Å². The van der Waals surface area contributed by atoms with Crippen molar-refractivity contribution in [3.05, 3.63) is 29.8 Å². The molecular formula is C16H22F2N2. The van der Waals surface area contributed by atoms with Crippen LogP contribution in [0.25, 0.3) is 0 Å². The second kappa shape index (κ2) is 6.08. The lowest BCUT2D eigenvalue weighted by Crippen LogP contribution is -2.44. The summed E-state index contributed by atoms with van der Waals surface area (Å²) in [5.74, 6) is -0.461. The summed E-state index contributed by atoms with van der Waals surface area (Å²) in [5, 5.41) is 6.91. The molecule has 1 saturated heterocycles. The molecule has 20 heavy (non-hydrogen) atoms. The van der Waals surface area contributed by atoms with Crippen LogP contribution in [0.4, 0.5) is 14.5 Å². The molecule has 0 aromatic heterocycles. The van der Waals surface area contributed by atoms with Crippen LogP contribution in [0.15, 0.2) is 18.2 Å². The van der Waals surface area contributed by atoms with Gasteiger partial charge in [-0.2, -0.15) is 0 Å². The van der Waals surface area contributed by atoms with E-state index in [-0.39, 0.29) is 0 Å². The zero-order valence-corrected chi connectivity index (χ0v) is 11.7. The van der Waals surface area contributed by atoms with E-state index < -0.39 is 11.6 Å². The van der Waals surface area contributed by atoms with E-state index in [1.807, 2.05) is 0 Å². The van der Waals surface area contributed by atoms with Gasteiger partial charge in [0, 0.05) is 18.2 Å². The van der Waals surface area contributed by atoms with Crippen molar-refractivity contribution in [2.75, 3.05) is 11.9 Å². The van der Waals surface area contributed by atoms with Crippen LogP contribution in [0.1, 0.15) is 38.5 Å². The van der Waals surface area contributed by atoms with Gasteiger partial charge in [0.1, 0.15) is 11.6 Å². The third-order valence-corrected chi connectivity index (χ3v) is 4.71. The lowest BCUT2D eigenvalue weighted by atomic mass is 9.88. The SMILES string of the molecule is Fc1ccc(NC2CCCC2C2CCCCN2)c(F)c1. The molecule has 1 aromatic rings. The van der Waals surface area contributed by atoms with E-state index >= 15 is 0 Å². The van der Waals surface area contributed by atoms with Crippen LogP contribution in [0.2, 0.25) is 0 Å². The quantitative estimate of drug-likeness (QED) is 0.882. The maximum absolute atomic E-state index is 13.8. The molecule has 2 N–H and O–H groups in total. The third kappa shape index (κ3) is 2.95. The van der Waals surface area contributed by atoms with Gasteiger partial charge >= 0.3 is 0 Å². The number of piperidine rings is 1. The van der Waals surface area contributed by atoms with Crippen molar-refractivity contribution in [1.82, 2.24) is 5.32 Å². The maximum atomic E-state index is 13.8. The Morgan fingerprint density at radius 2 is 1.95 bits per heavy atom. The Bertz CT molecular complexity index is 458. The van der Waals surface area contributed by atoms with Crippen LogP contribution in [-0.4, -0.2) is 18.6 Å². The fourth-order valence-corrected chi connectivity index (χ4v) is 3.70. The van der Waals surface area contributed by atoms with E-state index in [0.717, 1.165) is 19.0 Å². The smallest absolute Gasteiger partial charge is 0.149 e. The van der Waals surface area contributed by atoms with Crippen LogP contribution in [0, 0.1) is 17.6 Å². The van der Waals surface area contributed by atoms with Crippen molar-refractivity contribution in [2.24, 2.45) is 5.92 Å². The molecule has 0 radical (unpaired) electrons. The Kier molecular flexibility index (Phi) is 4.20. The van der Waals surface area contributed by atoms with E-state index in [9.17, 15) is 8.78 Å². The molecular weight excluding hydrogens is 258 g/mol. The summed E-state index contributed by atoms with van der Waals surface area (Å²) in [6.45, 7) is 1.10. The van der Waals surface area contributed by atoms with Gasteiger partial charge < -0.3 is 10.6 Å². The average Bonchev–Trinajstić information content (AvgIpc) is 2.91. The minimum absolute atomic E-state index is 0.297. The Hall–Kier alpha value is -1.16. The van der Waals surface area contributed by atoms with Gasteiger partial charge in [0.25, 0.3) is 0 Å². The third-order valence-electron chi connectivity index (χ3n) is 4.71. The molecule has 1 aliphatic carbocycles. The van der Waals surface area contributed by atoms with E-state index in [2.05, 4.69) is 10.6 Å². The summed E-state index contributed by atoms with van der Waals surface area (Å²) >= 11 is 0. The molecule has 0 spiro atoms.